The smallest absolute Gasteiger partial charge is 0.233 e. The molecule has 1 aromatic carbocycles. The van der Waals surface area contributed by atoms with E-state index >= 15 is 0 Å². The Kier molecular flexibility index (Phi) is 4.00. The first-order valence-corrected chi connectivity index (χ1v) is 11.5. The van der Waals surface area contributed by atoms with Crippen molar-refractivity contribution in [1.82, 2.24) is 4.90 Å². The fourth-order valence-corrected chi connectivity index (χ4v) is 6.90. The van der Waals surface area contributed by atoms with Crippen molar-refractivity contribution in [2.24, 2.45) is 41.4 Å². The minimum atomic E-state index is -0.112. The highest BCUT2D eigenvalue weighted by Crippen LogP contribution is 2.65. The lowest BCUT2D eigenvalue weighted by Crippen LogP contribution is -2.44. The average Bonchev–Trinajstić information content (AvgIpc) is 3.52. The molecule has 0 spiro atoms. The van der Waals surface area contributed by atoms with Crippen molar-refractivity contribution in [2.75, 3.05) is 5.32 Å². The quantitative estimate of drug-likeness (QED) is 0.619. The van der Waals surface area contributed by atoms with Gasteiger partial charge in [-0.05, 0) is 80.4 Å². The minimum Gasteiger partial charge on any atom is -0.326 e. The summed E-state index contributed by atoms with van der Waals surface area (Å²) in [4.78, 5) is 40.9. The highest BCUT2D eigenvalue weighted by Gasteiger charge is 2.67. The SMILES string of the molecule is Cc1cccc(NC(=O)C2CCC(N3C(=O)[C@@H]4[C@H]5C=C[C@H]([C@H]6C[C@H]56)[C@@H]4C3=O)CC2)c1. The second kappa shape index (κ2) is 6.53. The molecule has 0 radical (unpaired) electrons. The highest BCUT2D eigenvalue weighted by molar-refractivity contribution is 6.06. The highest BCUT2D eigenvalue weighted by atomic mass is 16.2. The van der Waals surface area contributed by atoms with Crippen LogP contribution in [-0.2, 0) is 14.4 Å². The summed E-state index contributed by atoms with van der Waals surface area (Å²) in [6.45, 7) is 2.01. The molecule has 1 aromatic rings. The van der Waals surface area contributed by atoms with Gasteiger partial charge in [0, 0.05) is 17.6 Å². The first kappa shape index (κ1) is 18.3. The summed E-state index contributed by atoms with van der Waals surface area (Å²) in [7, 11) is 0. The van der Waals surface area contributed by atoms with Crippen molar-refractivity contribution >= 4 is 23.4 Å². The molecule has 2 bridgehead atoms. The lowest BCUT2D eigenvalue weighted by atomic mass is 9.63. The molecule has 6 aliphatic rings. The third kappa shape index (κ3) is 2.63. The Balaban J connectivity index is 1.12. The van der Waals surface area contributed by atoms with Crippen LogP contribution in [0.15, 0.2) is 36.4 Å². The maximum Gasteiger partial charge on any atom is 0.233 e. The molecule has 1 saturated heterocycles. The van der Waals surface area contributed by atoms with Crippen LogP contribution in [-0.4, -0.2) is 28.7 Å². The van der Waals surface area contributed by atoms with Gasteiger partial charge in [0.2, 0.25) is 17.7 Å². The Bertz CT molecular complexity index is 925. The molecule has 4 fully saturated rings. The van der Waals surface area contributed by atoms with Crippen LogP contribution in [0.1, 0.15) is 37.7 Å². The number of benzene rings is 1. The van der Waals surface area contributed by atoms with Gasteiger partial charge < -0.3 is 5.32 Å². The zero-order valence-electron chi connectivity index (χ0n) is 17.3. The van der Waals surface area contributed by atoms with Gasteiger partial charge >= 0.3 is 0 Å². The second-order valence-corrected chi connectivity index (χ2v) is 10.1. The predicted octanol–water partition coefficient (Wildman–Crippen LogP) is 3.55. The van der Waals surface area contributed by atoms with Gasteiger partial charge in [-0.15, -0.1) is 0 Å². The van der Waals surface area contributed by atoms with Crippen LogP contribution in [0.2, 0.25) is 0 Å². The number of imide groups is 1. The van der Waals surface area contributed by atoms with Gasteiger partial charge in [-0.2, -0.15) is 0 Å². The van der Waals surface area contributed by atoms with E-state index in [2.05, 4.69) is 17.5 Å². The fraction of sp³-hybridized carbons (Fsp3) is 0.560. The van der Waals surface area contributed by atoms with Crippen molar-refractivity contribution in [3.8, 4) is 0 Å². The molecule has 5 heteroatoms. The van der Waals surface area contributed by atoms with E-state index in [0.717, 1.165) is 36.9 Å². The number of hydrogen-bond acceptors (Lipinski definition) is 3. The molecule has 5 aliphatic carbocycles. The Hall–Kier alpha value is -2.43. The third-order valence-electron chi connectivity index (χ3n) is 8.42. The number of amides is 3. The summed E-state index contributed by atoms with van der Waals surface area (Å²) < 4.78 is 0. The molecule has 3 amide bonds. The lowest BCUT2D eigenvalue weighted by molar-refractivity contribution is -0.144. The van der Waals surface area contributed by atoms with Crippen LogP contribution in [0.25, 0.3) is 0 Å². The number of nitrogens with zero attached hydrogens (tertiary/aromatic N) is 1. The first-order valence-electron chi connectivity index (χ1n) is 11.5. The van der Waals surface area contributed by atoms with E-state index in [1.165, 1.54) is 6.42 Å². The van der Waals surface area contributed by atoms with Crippen molar-refractivity contribution in [3.05, 3.63) is 42.0 Å². The van der Waals surface area contributed by atoms with E-state index in [-0.39, 0.29) is 53.4 Å². The number of nitrogens with one attached hydrogen (secondary N) is 1. The second-order valence-electron chi connectivity index (χ2n) is 10.1. The van der Waals surface area contributed by atoms with E-state index in [1.807, 2.05) is 31.2 Å². The molecular formula is C25H28N2O3. The van der Waals surface area contributed by atoms with Crippen LogP contribution in [0.5, 0.6) is 0 Å². The Morgan fingerprint density at radius 3 is 2.20 bits per heavy atom. The first-order chi connectivity index (χ1) is 14.5. The summed E-state index contributed by atoms with van der Waals surface area (Å²) in [5.74, 6) is 1.75. The summed E-state index contributed by atoms with van der Waals surface area (Å²) >= 11 is 0. The van der Waals surface area contributed by atoms with Crippen LogP contribution in [0.4, 0.5) is 5.69 Å². The number of anilines is 1. The number of aryl methyl sites for hydroxylation is 1. The topological polar surface area (TPSA) is 66.5 Å². The van der Waals surface area contributed by atoms with Crippen molar-refractivity contribution in [3.63, 3.8) is 0 Å². The lowest BCUT2D eigenvalue weighted by Gasteiger charge is -2.37. The molecule has 3 saturated carbocycles. The number of rotatable bonds is 3. The number of likely N-dealkylation sites (tertiary alicyclic amines) is 1. The standard InChI is InChI=1S/C25H28N2O3/c1-13-3-2-4-15(11-13)26-23(28)14-5-7-16(8-6-14)27-24(29)21-17-9-10-18(20-12-19(17)20)22(21)25(27)30/h2-4,9-11,14,16-22H,5-8,12H2,1H3,(H,26,28)/t14?,16?,17-,18+,19-,20-,21+,22-/m1/s1. The van der Waals surface area contributed by atoms with E-state index in [0.29, 0.717) is 11.8 Å². The van der Waals surface area contributed by atoms with Crippen molar-refractivity contribution in [1.29, 1.82) is 0 Å². The number of hydrogen-bond donors (Lipinski definition) is 1. The molecule has 0 unspecified atom stereocenters. The maximum absolute atomic E-state index is 13.3. The third-order valence-corrected chi connectivity index (χ3v) is 8.42. The van der Waals surface area contributed by atoms with Gasteiger partial charge in [-0.1, -0.05) is 24.3 Å². The van der Waals surface area contributed by atoms with Crippen LogP contribution < -0.4 is 5.32 Å². The molecule has 1 aliphatic heterocycles. The Morgan fingerprint density at radius 2 is 1.60 bits per heavy atom. The van der Waals surface area contributed by atoms with Gasteiger partial charge in [0.05, 0.1) is 11.8 Å². The summed E-state index contributed by atoms with van der Waals surface area (Å²) in [6, 6.07) is 7.80. The van der Waals surface area contributed by atoms with E-state index in [1.54, 1.807) is 4.90 Å². The van der Waals surface area contributed by atoms with E-state index in [4.69, 9.17) is 0 Å². The van der Waals surface area contributed by atoms with Crippen molar-refractivity contribution < 1.29 is 14.4 Å². The van der Waals surface area contributed by atoms with Crippen LogP contribution in [0, 0.1) is 48.3 Å². The molecule has 30 heavy (non-hydrogen) atoms. The maximum atomic E-state index is 13.3. The molecule has 6 atom stereocenters. The summed E-state index contributed by atoms with van der Waals surface area (Å²) in [6.07, 6.45) is 8.56. The van der Waals surface area contributed by atoms with E-state index < -0.39 is 0 Å². The number of carbonyl (C=O) groups excluding carboxylic acids is 3. The fourth-order valence-electron chi connectivity index (χ4n) is 6.90. The number of carbonyl (C=O) groups is 3. The number of allylic oxidation sites excluding steroid dienone is 2. The molecule has 0 aromatic heterocycles. The van der Waals surface area contributed by atoms with Gasteiger partial charge in [0.25, 0.3) is 0 Å². The zero-order valence-corrected chi connectivity index (χ0v) is 17.3. The molecule has 5 nitrogen and oxygen atoms in total. The van der Waals surface area contributed by atoms with Crippen LogP contribution >= 0.6 is 0 Å². The van der Waals surface area contributed by atoms with Crippen molar-refractivity contribution in [2.45, 2.75) is 45.1 Å². The zero-order chi connectivity index (χ0) is 20.6. The molecular weight excluding hydrogens is 376 g/mol. The normalized spacial score (nSPS) is 40.9. The van der Waals surface area contributed by atoms with Gasteiger partial charge in [0.1, 0.15) is 0 Å². The van der Waals surface area contributed by atoms with Gasteiger partial charge in [0.15, 0.2) is 0 Å². The molecule has 156 valence electrons. The molecule has 1 N–H and O–H groups in total. The van der Waals surface area contributed by atoms with Gasteiger partial charge in [-0.25, -0.2) is 0 Å². The van der Waals surface area contributed by atoms with E-state index in [9.17, 15) is 14.4 Å². The largest absolute Gasteiger partial charge is 0.326 e. The monoisotopic (exact) mass is 404 g/mol. The van der Waals surface area contributed by atoms with Gasteiger partial charge in [-0.3, -0.25) is 19.3 Å². The predicted molar refractivity (Wildman–Crippen MR) is 112 cm³/mol. The Labute approximate surface area is 176 Å². The Morgan fingerprint density at radius 1 is 0.967 bits per heavy atom. The minimum absolute atomic E-state index is 0.0330. The van der Waals surface area contributed by atoms with Crippen LogP contribution in [0.3, 0.4) is 0 Å². The average molecular weight is 405 g/mol. The molecule has 1 heterocycles. The summed E-state index contributed by atoms with van der Waals surface area (Å²) in [5, 5.41) is 3.03. The molecule has 7 rings (SSSR count). The summed E-state index contributed by atoms with van der Waals surface area (Å²) in [5.41, 5.74) is 1.95.